The Balaban J connectivity index is 2.15. The number of pyridine rings is 1. The van der Waals surface area contributed by atoms with Gasteiger partial charge in [-0.1, -0.05) is 6.07 Å². The fraction of sp³-hybridized carbons (Fsp3) is 0. The molecule has 3 rings (SSSR count). The second kappa shape index (κ2) is 5.28. The topological polar surface area (TPSA) is 60.4 Å². The average molecular weight is 491 g/mol. The first-order valence-corrected chi connectivity index (χ1v) is 7.79. The lowest BCUT2D eigenvalue weighted by Crippen LogP contribution is -1.92. The molecule has 100 valence electrons. The Morgan fingerprint density at radius 2 is 1.95 bits per heavy atom. The Morgan fingerprint density at radius 1 is 1.15 bits per heavy atom. The van der Waals surface area contributed by atoms with Crippen molar-refractivity contribution in [3.63, 3.8) is 0 Å². The van der Waals surface area contributed by atoms with Crippen LogP contribution in [0.1, 0.15) is 0 Å². The first-order valence-electron chi connectivity index (χ1n) is 5.63. The lowest BCUT2D eigenvalue weighted by molar-refractivity contribution is -0.385. The van der Waals surface area contributed by atoms with Gasteiger partial charge >= 0.3 is 0 Å². The third-order valence-corrected chi connectivity index (χ3v) is 4.40. The maximum Gasteiger partial charge on any atom is 0.283 e. The van der Waals surface area contributed by atoms with Gasteiger partial charge in [0.05, 0.1) is 14.2 Å². The lowest BCUT2D eigenvalue weighted by atomic mass is 10.1. The number of nitrogens with zero attached hydrogens (tertiary/aromatic N) is 3. The van der Waals surface area contributed by atoms with Crippen LogP contribution in [-0.2, 0) is 0 Å². The molecule has 0 aliphatic carbocycles. The molecule has 7 heteroatoms. The van der Waals surface area contributed by atoms with Crippen molar-refractivity contribution in [2.45, 2.75) is 0 Å². The molecule has 0 spiro atoms. The zero-order valence-electron chi connectivity index (χ0n) is 9.96. The Morgan fingerprint density at radius 3 is 2.70 bits per heavy atom. The van der Waals surface area contributed by atoms with Crippen LogP contribution in [0.2, 0.25) is 0 Å². The van der Waals surface area contributed by atoms with Crippen molar-refractivity contribution in [2.75, 3.05) is 0 Å². The summed E-state index contributed by atoms with van der Waals surface area (Å²) in [6.07, 6.45) is 3.84. The number of nitro benzene ring substituents is 1. The third-order valence-electron chi connectivity index (χ3n) is 2.85. The summed E-state index contributed by atoms with van der Waals surface area (Å²) in [5.74, 6) is 0. The molecule has 20 heavy (non-hydrogen) atoms. The molecule has 5 nitrogen and oxygen atoms in total. The Bertz CT molecular complexity index is 830. The van der Waals surface area contributed by atoms with Crippen molar-refractivity contribution in [3.05, 3.63) is 60.0 Å². The number of fused-ring (bicyclic) bond motifs is 1. The predicted octanol–water partition coefficient (Wildman–Crippen LogP) is 4.12. The van der Waals surface area contributed by atoms with E-state index in [0.717, 1.165) is 20.5 Å². The Labute approximate surface area is 141 Å². The summed E-state index contributed by atoms with van der Waals surface area (Å²) in [4.78, 5) is 15.1. The monoisotopic (exact) mass is 491 g/mol. The standard InChI is InChI=1S/C13H7I2N3O2/c14-9-2-4-13-16-11(7-17(13)6-9)8-1-3-10(15)12(5-8)18(19)20/h1-7H. The summed E-state index contributed by atoms with van der Waals surface area (Å²) < 4.78 is 3.64. The molecule has 1 aromatic carbocycles. The first-order chi connectivity index (χ1) is 9.54. The number of hydrogen-bond donors (Lipinski definition) is 0. The molecular formula is C13H7I2N3O2. The van der Waals surface area contributed by atoms with E-state index in [0.29, 0.717) is 3.57 Å². The van der Waals surface area contributed by atoms with Crippen LogP contribution in [0.3, 0.4) is 0 Å². The second-order valence-electron chi connectivity index (χ2n) is 4.16. The Kier molecular flexibility index (Phi) is 3.63. The van der Waals surface area contributed by atoms with Gasteiger partial charge in [-0.3, -0.25) is 10.1 Å². The molecule has 0 amide bonds. The van der Waals surface area contributed by atoms with E-state index < -0.39 is 0 Å². The van der Waals surface area contributed by atoms with Gasteiger partial charge in [0.1, 0.15) is 5.65 Å². The van der Waals surface area contributed by atoms with Gasteiger partial charge in [0, 0.05) is 27.6 Å². The normalized spacial score (nSPS) is 10.9. The molecule has 0 aliphatic heterocycles. The summed E-state index contributed by atoms with van der Waals surface area (Å²) in [5.41, 5.74) is 2.40. The molecule has 0 radical (unpaired) electrons. The highest BCUT2D eigenvalue weighted by molar-refractivity contribution is 14.1. The van der Waals surface area contributed by atoms with E-state index in [9.17, 15) is 10.1 Å². The molecule has 0 saturated carbocycles. The number of benzene rings is 1. The van der Waals surface area contributed by atoms with Crippen molar-refractivity contribution in [2.24, 2.45) is 0 Å². The molecule has 2 aromatic heterocycles. The van der Waals surface area contributed by atoms with Crippen molar-refractivity contribution >= 4 is 56.5 Å². The predicted molar refractivity (Wildman–Crippen MR) is 92.7 cm³/mol. The van der Waals surface area contributed by atoms with Crippen LogP contribution in [-0.4, -0.2) is 14.3 Å². The van der Waals surface area contributed by atoms with Crippen LogP contribution in [0.25, 0.3) is 16.9 Å². The summed E-state index contributed by atoms with van der Waals surface area (Å²) in [6, 6.07) is 9.05. The molecule has 2 heterocycles. The maximum absolute atomic E-state index is 11.0. The van der Waals surface area contributed by atoms with E-state index in [1.807, 2.05) is 57.6 Å². The highest BCUT2D eigenvalue weighted by Gasteiger charge is 2.14. The molecule has 0 atom stereocenters. The minimum Gasteiger partial charge on any atom is -0.305 e. The zero-order chi connectivity index (χ0) is 14.3. The van der Waals surface area contributed by atoms with Crippen molar-refractivity contribution in [1.82, 2.24) is 9.38 Å². The highest BCUT2D eigenvalue weighted by atomic mass is 127. The van der Waals surface area contributed by atoms with E-state index in [2.05, 4.69) is 27.6 Å². The second-order valence-corrected chi connectivity index (χ2v) is 6.57. The van der Waals surface area contributed by atoms with Crippen LogP contribution in [0.15, 0.2) is 42.7 Å². The van der Waals surface area contributed by atoms with Gasteiger partial charge in [0.15, 0.2) is 0 Å². The van der Waals surface area contributed by atoms with Crippen LogP contribution < -0.4 is 0 Å². The maximum atomic E-state index is 11.0. The van der Waals surface area contributed by atoms with Crippen LogP contribution in [0.4, 0.5) is 5.69 Å². The number of hydrogen-bond acceptors (Lipinski definition) is 3. The van der Waals surface area contributed by atoms with Crippen LogP contribution >= 0.6 is 45.2 Å². The fourth-order valence-corrected chi connectivity index (χ4v) is 2.93. The van der Waals surface area contributed by atoms with Crippen molar-refractivity contribution < 1.29 is 4.92 Å². The molecular weight excluding hydrogens is 484 g/mol. The summed E-state index contributed by atoms with van der Waals surface area (Å²) >= 11 is 4.19. The van der Waals surface area contributed by atoms with Gasteiger partial charge in [0.25, 0.3) is 5.69 Å². The van der Waals surface area contributed by atoms with E-state index in [1.165, 1.54) is 0 Å². The van der Waals surface area contributed by atoms with Gasteiger partial charge in [-0.05, 0) is 63.4 Å². The summed E-state index contributed by atoms with van der Waals surface area (Å²) in [7, 11) is 0. The van der Waals surface area contributed by atoms with Gasteiger partial charge in [-0.2, -0.15) is 0 Å². The minimum absolute atomic E-state index is 0.106. The van der Waals surface area contributed by atoms with E-state index in [1.54, 1.807) is 12.1 Å². The summed E-state index contributed by atoms with van der Waals surface area (Å²) in [5, 5.41) is 11.0. The molecule has 0 fully saturated rings. The van der Waals surface area contributed by atoms with Gasteiger partial charge in [-0.25, -0.2) is 4.98 Å². The van der Waals surface area contributed by atoms with Gasteiger partial charge in [0.2, 0.25) is 0 Å². The third kappa shape index (κ3) is 2.51. The first kappa shape index (κ1) is 13.7. The number of nitro groups is 1. The Hall–Kier alpha value is -1.23. The zero-order valence-corrected chi connectivity index (χ0v) is 14.3. The number of aromatic nitrogens is 2. The molecule has 0 bridgehead atoms. The fourth-order valence-electron chi connectivity index (χ4n) is 1.92. The largest absolute Gasteiger partial charge is 0.305 e. The van der Waals surface area contributed by atoms with Crippen LogP contribution in [0, 0.1) is 17.3 Å². The van der Waals surface area contributed by atoms with Gasteiger partial charge in [-0.15, -0.1) is 0 Å². The van der Waals surface area contributed by atoms with E-state index in [4.69, 9.17) is 0 Å². The van der Waals surface area contributed by atoms with Gasteiger partial charge < -0.3 is 4.40 Å². The lowest BCUT2D eigenvalue weighted by Gasteiger charge is -1.98. The molecule has 0 saturated heterocycles. The number of rotatable bonds is 2. The molecule has 0 unspecified atom stereocenters. The van der Waals surface area contributed by atoms with Crippen molar-refractivity contribution in [1.29, 1.82) is 0 Å². The summed E-state index contributed by atoms with van der Waals surface area (Å²) in [6.45, 7) is 0. The molecule has 3 aromatic rings. The number of imidazole rings is 1. The highest BCUT2D eigenvalue weighted by Crippen LogP contribution is 2.28. The smallest absolute Gasteiger partial charge is 0.283 e. The number of halogens is 2. The average Bonchev–Trinajstić information content (AvgIpc) is 2.81. The SMILES string of the molecule is O=[N+]([O-])c1cc(-c2cn3cc(I)ccc3n2)ccc1I. The quantitative estimate of drug-likeness (QED) is 0.308. The van der Waals surface area contributed by atoms with Crippen molar-refractivity contribution in [3.8, 4) is 11.3 Å². The van der Waals surface area contributed by atoms with E-state index >= 15 is 0 Å². The molecule has 0 N–H and O–H groups in total. The minimum atomic E-state index is -0.371. The molecule has 0 aliphatic rings. The van der Waals surface area contributed by atoms with Crippen LogP contribution in [0.5, 0.6) is 0 Å². The van der Waals surface area contributed by atoms with E-state index in [-0.39, 0.29) is 10.6 Å².